The van der Waals surface area contributed by atoms with E-state index in [0.717, 1.165) is 16.5 Å². The Morgan fingerprint density at radius 2 is 1.83 bits per heavy atom. The van der Waals surface area contributed by atoms with Gasteiger partial charge < -0.3 is 12.6 Å². The van der Waals surface area contributed by atoms with Crippen molar-refractivity contribution in [1.82, 2.24) is 0 Å². The number of nitrogens with zero attached hydrogens (tertiary/aromatic N) is 2. The molecule has 1 radical (unpaired) electrons. The van der Waals surface area contributed by atoms with Gasteiger partial charge in [-0.3, -0.25) is 0 Å². The van der Waals surface area contributed by atoms with Crippen molar-refractivity contribution in [3.05, 3.63) is 40.8 Å². The minimum atomic E-state index is -0.0185. The van der Waals surface area contributed by atoms with Crippen molar-refractivity contribution in [2.24, 2.45) is 0 Å². The Hall–Kier alpha value is -0.780. The number of allylic oxidation sites excluding steroid dienone is 1. The second-order valence-corrected chi connectivity index (χ2v) is 3.59. The molecule has 97 valence electrons. The fraction of sp³-hybridized carbons (Fsp3) is 0.167. The molecule has 0 aliphatic carbocycles. The van der Waals surface area contributed by atoms with E-state index in [-0.39, 0.29) is 28.0 Å². The summed E-state index contributed by atoms with van der Waals surface area (Å²) in [6.07, 6.45) is 0. The number of nitriles is 2. The summed E-state index contributed by atoms with van der Waals surface area (Å²) in [5.74, 6) is 0.914. The molecule has 3 nitrogen and oxygen atoms in total. The van der Waals surface area contributed by atoms with E-state index >= 15 is 0 Å². The van der Waals surface area contributed by atoms with Gasteiger partial charge in [0.1, 0.15) is 17.7 Å². The van der Waals surface area contributed by atoms with Crippen LogP contribution in [0.1, 0.15) is 5.56 Å². The number of hydrogen-bond donors (Lipinski definition) is 0. The molecule has 1 rings (SSSR count). The van der Waals surface area contributed by atoms with E-state index in [0.29, 0.717) is 0 Å². The molecule has 6 heteroatoms. The molecule has 0 saturated carbocycles. The number of rotatable bonds is 2. The van der Waals surface area contributed by atoms with Gasteiger partial charge in [0.2, 0.25) is 0 Å². The topological polar surface area (TPSA) is 56.8 Å². The molecule has 0 aromatic heterocycles. The Kier molecular flexibility index (Phi) is 13.8. The van der Waals surface area contributed by atoms with Crippen molar-refractivity contribution >= 4 is 28.6 Å². The van der Waals surface area contributed by atoms with Crippen molar-refractivity contribution in [2.75, 3.05) is 7.11 Å². The average molecular weight is 506 g/mol. The van der Waals surface area contributed by atoms with Crippen molar-refractivity contribution in [3.63, 3.8) is 0 Å². The second-order valence-electron chi connectivity index (χ2n) is 2.75. The first-order valence-electron chi connectivity index (χ1n) is 4.55. The third-order valence-corrected chi connectivity index (χ3v) is 2.62. The summed E-state index contributed by atoms with van der Waals surface area (Å²) >= 11 is 7.22. The number of hydrogen-bond acceptors (Lipinski definition) is 4. The Bertz CT molecular complexity index is 410. The predicted octanol–water partition coefficient (Wildman–Crippen LogP) is 1.83. The van der Waals surface area contributed by atoms with Gasteiger partial charge in [-0.1, -0.05) is 0 Å². The van der Waals surface area contributed by atoms with E-state index in [9.17, 15) is 0 Å². The Labute approximate surface area is 137 Å². The summed E-state index contributed by atoms with van der Waals surface area (Å²) < 4.78 is 5.00. The van der Waals surface area contributed by atoms with E-state index in [1.165, 1.54) is 5.56 Å². The quantitative estimate of drug-likeness (QED) is 0.349. The van der Waals surface area contributed by atoms with Crippen molar-refractivity contribution in [3.8, 4) is 17.9 Å². The Morgan fingerprint density at radius 3 is 2.06 bits per heavy atom. The van der Waals surface area contributed by atoms with Gasteiger partial charge in [0.15, 0.2) is 0 Å². The van der Waals surface area contributed by atoms with Crippen LogP contribution in [0, 0.1) is 22.7 Å². The van der Waals surface area contributed by atoms with Crippen LogP contribution in [0.4, 0.5) is 0 Å². The molecule has 0 bridgehead atoms. The molecule has 0 aliphatic rings. The van der Waals surface area contributed by atoms with Crippen LogP contribution < -0.4 is 4.74 Å². The van der Waals surface area contributed by atoms with E-state index < -0.39 is 0 Å². The molecular weight excluding hydrogens is 496 g/mol. The van der Waals surface area contributed by atoms with E-state index in [1.807, 2.05) is 12.1 Å². The molecule has 0 spiro atoms. The summed E-state index contributed by atoms with van der Waals surface area (Å²) in [6.45, 7) is 0. The minimum Gasteiger partial charge on any atom is -0.785 e. The molecule has 0 amide bonds. The SMILES string of the molecule is COc1ccc(C[Se])cc1.N#CC(C#N)=C[S-].[Au+]. The monoisotopic (exact) mass is 507 g/mol. The maximum absolute atomic E-state index is 7.92. The fourth-order valence-corrected chi connectivity index (χ4v) is 1.31. The summed E-state index contributed by atoms with van der Waals surface area (Å²) in [5, 5.41) is 17.9. The molecule has 0 saturated heterocycles. The molecule has 0 fully saturated rings. The largest absolute Gasteiger partial charge is 1.00 e. The van der Waals surface area contributed by atoms with Gasteiger partial charge in [0.25, 0.3) is 0 Å². The third kappa shape index (κ3) is 8.33. The molecule has 0 heterocycles. The summed E-state index contributed by atoms with van der Waals surface area (Å²) in [4.78, 5) is 0. The molecule has 0 aliphatic heterocycles. The first kappa shape index (κ1) is 19.6. The van der Waals surface area contributed by atoms with Gasteiger partial charge in [-0.05, 0) is 0 Å². The van der Waals surface area contributed by atoms with Gasteiger partial charge in [0, 0.05) is 0 Å². The summed E-state index contributed by atoms with van der Waals surface area (Å²) in [5.41, 5.74) is 1.27. The van der Waals surface area contributed by atoms with E-state index in [4.69, 9.17) is 15.3 Å². The molecule has 1 aromatic rings. The molecule has 0 unspecified atom stereocenters. The zero-order valence-electron chi connectivity index (χ0n) is 9.51. The third-order valence-electron chi connectivity index (χ3n) is 1.68. The average Bonchev–Trinajstić information content (AvgIpc) is 2.41. The second kappa shape index (κ2) is 12.7. The first-order valence-corrected chi connectivity index (χ1v) is 6.23. The van der Waals surface area contributed by atoms with Crippen LogP contribution >= 0.6 is 0 Å². The molecular formula is C12H10AuN2OSSe. The zero-order valence-corrected chi connectivity index (χ0v) is 14.2. The Morgan fingerprint density at radius 1 is 1.33 bits per heavy atom. The van der Waals surface area contributed by atoms with Crippen LogP contribution in [0.25, 0.3) is 0 Å². The van der Waals surface area contributed by atoms with E-state index in [1.54, 1.807) is 19.2 Å². The van der Waals surface area contributed by atoms with Crippen LogP contribution in [0.3, 0.4) is 0 Å². The minimum absolute atomic E-state index is 0. The van der Waals surface area contributed by atoms with Crippen LogP contribution in [0.5, 0.6) is 5.75 Å². The summed E-state index contributed by atoms with van der Waals surface area (Å²) in [7, 11) is 1.67. The fourth-order valence-electron chi connectivity index (χ4n) is 0.799. The van der Waals surface area contributed by atoms with Crippen molar-refractivity contribution in [1.29, 1.82) is 10.5 Å². The van der Waals surface area contributed by atoms with Crippen LogP contribution in [-0.4, -0.2) is 23.1 Å². The van der Waals surface area contributed by atoms with Crippen molar-refractivity contribution in [2.45, 2.75) is 5.32 Å². The number of ether oxygens (including phenoxy) is 1. The maximum atomic E-state index is 7.92. The number of benzene rings is 1. The predicted molar refractivity (Wildman–Crippen MR) is 69.1 cm³/mol. The van der Waals surface area contributed by atoms with Gasteiger partial charge >= 0.3 is 91.1 Å². The van der Waals surface area contributed by atoms with Gasteiger partial charge in [-0.15, -0.1) is 0 Å². The molecule has 1 aromatic carbocycles. The van der Waals surface area contributed by atoms with Gasteiger partial charge in [0.05, 0.1) is 0 Å². The maximum Gasteiger partial charge on any atom is 1.00 e. The smallest absolute Gasteiger partial charge is 0.785 e. The molecule has 18 heavy (non-hydrogen) atoms. The Balaban J connectivity index is 0. The van der Waals surface area contributed by atoms with Crippen LogP contribution in [0.2, 0.25) is 0 Å². The van der Waals surface area contributed by atoms with Gasteiger partial charge in [-0.2, -0.15) is 15.9 Å². The van der Waals surface area contributed by atoms with Crippen LogP contribution in [-0.2, 0) is 40.3 Å². The first-order chi connectivity index (χ1) is 8.21. The molecule has 0 atom stereocenters. The van der Waals surface area contributed by atoms with Crippen LogP contribution in [0.15, 0.2) is 35.2 Å². The van der Waals surface area contributed by atoms with Gasteiger partial charge in [-0.25, -0.2) is 0 Å². The van der Waals surface area contributed by atoms with Crippen molar-refractivity contribution < 1.29 is 27.1 Å². The summed E-state index contributed by atoms with van der Waals surface area (Å²) in [6, 6.07) is 11.2. The van der Waals surface area contributed by atoms with E-state index in [2.05, 4.69) is 40.8 Å². The normalized spacial score (nSPS) is 7.33. The standard InChI is InChI=1S/C8H9OSe.C4H2N2S.Au/c1-9-8-4-2-7(6-10)3-5-8;5-1-4(2-6)3-7;/h2-5H,6H2,1H3;3,7H;/q;;+1/p-1. The molecule has 0 N–H and O–H groups in total. The number of methoxy groups -OCH3 is 1. The zero-order chi connectivity index (χ0) is 13.1.